The average molecular weight is 426 g/mol. The van der Waals surface area contributed by atoms with Gasteiger partial charge in [-0.05, 0) is 56.0 Å². The minimum Gasteiger partial charge on any atom is -0.507 e. The van der Waals surface area contributed by atoms with Gasteiger partial charge in [-0.25, -0.2) is 9.37 Å². The Kier molecular flexibility index (Phi) is 5.12. The van der Waals surface area contributed by atoms with Crippen LogP contribution in [0.15, 0.2) is 36.5 Å². The van der Waals surface area contributed by atoms with Crippen LogP contribution in [0.1, 0.15) is 24.3 Å². The van der Waals surface area contributed by atoms with Gasteiger partial charge in [0.2, 0.25) is 0 Å². The summed E-state index contributed by atoms with van der Waals surface area (Å²) in [7, 11) is 0. The lowest BCUT2D eigenvalue weighted by Gasteiger charge is -2.33. The molecule has 1 atom stereocenters. The smallest absolute Gasteiger partial charge is 0.151 e. The van der Waals surface area contributed by atoms with Crippen LogP contribution in [0.3, 0.4) is 0 Å². The second kappa shape index (κ2) is 7.92. The highest BCUT2D eigenvalue weighted by Gasteiger charge is 2.33. The maximum absolute atomic E-state index is 13.0. The van der Waals surface area contributed by atoms with E-state index in [0.29, 0.717) is 36.2 Å². The first kappa shape index (κ1) is 19.4. The van der Waals surface area contributed by atoms with E-state index in [1.54, 1.807) is 17.4 Å². The minimum absolute atomic E-state index is 0.178. The van der Waals surface area contributed by atoms with E-state index in [4.69, 9.17) is 0 Å². The molecule has 0 amide bonds. The Balaban J connectivity index is 1.26. The summed E-state index contributed by atoms with van der Waals surface area (Å²) in [5.74, 6) is 1.01. The first-order valence-corrected chi connectivity index (χ1v) is 11.1. The summed E-state index contributed by atoms with van der Waals surface area (Å²) in [5.41, 5.74) is 2.24. The fourth-order valence-electron chi connectivity index (χ4n) is 4.16. The SMILES string of the molecule is Cc1ncc(-c2ccc(-c3ccc(N4CC[C@H](NC5CC(F)C5)C4)nn3)c(O)c2)s1. The molecule has 1 saturated carbocycles. The highest BCUT2D eigenvalue weighted by Crippen LogP contribution is 2.34. The average Bonchev–Trinajstić information content (AvgIpc) is 3.36. The molecular weight excluding hydrogens is 401 g/mol. The number of thiazole rings is 1. The fourth-order valence-corrected chi connectivity index (χ4v) is 4.93. The number of aromatic hydroxyl groups is 1. The second-order valence-corrected chi connectivity index (χ2v) is 9.35. The molecule has 5 rings (SSSR count). The zero-order valence-electron chi connectivity index (χ0n) is 16.8. The molecule has 3 aromatic rings. The number of aromatic nitrogens is 3. The molecule has 8 heteroatoms. The molecule has 156 valence electrons. The number of phenolic OH excluding ortho intramolecular Hbond substituents is 1. The van der Waals surface area contributed by atoms with E-state index >= 15 is 0 Å². The van der Waals surface area contributed by atoms with Crippen LogP contribution in [0.5, 0.6) is 5.75 Å². The lowest BCUT2D eigenvalue weighted by Crippen LogP contribution is -2.48. The van der Waals surface area contributed by atoms with Crippen LogP contribution in [0.25, 0.3) is 21.7 Å². The molecule has 0 unspecified atom stereocenters. The molecule has 0 bridgehead atoms. The third kappa shape index (κ3) is 3.89. The highest BCUT2D eigenvalue weighted by atomic mass is 32.1. The fraction of sp³-hybridized carbons (Fsp3) is 0.409. The van der Waals surface area contributed by atoms with Gasteiger partial charge in [0.05, 0.1) is 15.6 Å². The predicted molar refractivity (Wildman–Crippen MR) is 117 cm³/mol. The Morgan fingerprint density at radius 2 is 2.03 bits per heavy atom. The summed E-state index contributed by atoms with van der Waals surface area (Å²) in [6.45, 7) is 3.73. The summed E-state index contributed by atoms with van der Waals surface area (Å²) in [4.78, 5) is 7.50. The van der Waals surface area contributed by atoms with Crippen molar-refractivity contribution in [3.8, 4) is 27.4 Å². The number of phenols is 1. The molecule has 1 aliphatic carbocycles. The zero-order chi connectivity index (χ0) is 20.7. The van der Waals surface area contributed by atoms with Crippen molar-refractivity contribution in [2.24, 2.45) is 0 Å². The van der Waals surface area contributed by atoms with Crippen molar-refractivity contribution in [2.45, 2.75) is 44.4 Å². The van der Waals surface area contributed by atoms with E-state index in [9.17, 15) is 9.50 Å². The molecule has 3 heterocycles. The Labute approximate surface area is 178 Å². The lowest BCUT2D eigenvalue weighted by molar-refractivity contribution is 0.148. The summed E-state index contributed by atoms with van der Waals surface area (Å²) in [6, 6.07) is 10.1. The van der Waals surface area contributed by atoms with E-state index in [0.717, 1.165) is 40.8 Å². The molecule has 0 radical (unpaired) electrons. The van der Waals surface area contributed by atoms with Crippen molar-refractivity contribution < 1.29 is 9.50 Å². The van der Waals surface area contributed by atoms with E-state index < -0.39 is 6.17 Å². The van der Waals surface area contributed by atoms with Crippen molar-refractivity contribution in [3.63, 3.8) is 0 Å². The van der Waals surface area contributed by atoms with Gasteiger partial charge < -0.3 is 15.3 Å². The highest BCUT2D eigenvalue weighted by molar-refractivity contribution is 7.15. The molecule has 30 heavy (non-hydrogen) atoms. The maximum atomic E-state index is 13.0. The number of alkyl halides is 1. The van der Waals surface area contributed by atoms with Crippen molar-refractivity contribution in [1.82, 2.24) is 20.5 Å². The molecule has 1 saturated heterocycles. The molecule has 1 aromatic carbocycles. The number of aryl methyl sites for hydroxylation is 1. The van der Waals surface area contributed by atoms with Crippen LogP contribution in [0.2, 0.25) is 0 Å². The Morgan fingerprint density at radius 1 is 1.17 bits per heavy atom. The molecule has 2 aliphatic rings. The number of nitrogens with zero attached hydrogens (tertiary/aromatic N) is 4. The lowest BCUT2D eigenvalue weighted by atomic mass is 9.90. The number of hydrogen-bond acceptors (Lipinski definition) is 7. The topological polar surface area (TPSA) is 74.2 Å². The van der Waals surface area contributed by atoms with Gasteiger partial charge >= 0.3 is 0 Å². The third-order valence-corrected chi connectivity index (χ3v) is 6.86. The van der Waals surface area contributed by atoms with E-state index in [2.05, 4.69) is 25.4 Å². The largest absolute Gasteiger partial charge is 0.507 e. The molecular formula is C22H24FN5OS. The van der Waals surface area contributed by atoms with E-state index in [-0.39, 0.29) is 5.75 Å². The quantitative estimate of drug-likeness (QED) is 0.645. The number of nitrogens with one attached hydrogen (secondary N) is 1. The maximum Gasteiger partial charge on any atom is 0.151 e. The number of benzene rings is 1. The molecule has 2 fully saturated rings. The van der Waals surface area contributed by atoms with Gasteiger partial charge in [0.1, 0.15) is 11.9 Å². The second-order valence-electron chi connectivity index (χ2n) is 8.12. The number of rotatable bonds is 5. The molecule has 1 aliphatic heterocycles. The first-order chi connectivity index (χ1) is 14.5. The van der Waals surface area contributed by atoms with Gasteiger partial charge in [0, 0.05) is 36.9 Å². The summed E-state index contributed by atoms with van der Waals surface area (Å²) in [5, 5.41) is 23.8. The van der Waals surface area contributed by atoms with Crippen LogP contribution < -0.4 is 10.2 Å². The van der Waals surface area contributed by atoms with Crippen molar-refractivity contribution in [2.75, 3.05) is 18.0 Å². The molecule has 2 aromatic heterocycles. The first-order valence-electron chi connectivity index (χ1n) is 10.3. The van der Waals surface area contributed by atoms with Gasteiger partial charge in [-0.1, -0.05) is 6.07 Å². The third-order valence-electron chi connectivity index (χ3n) is 5.89. The molecule has 0 spiro atoms. The van der Waals surface area contributed by atoms with Crippen LogP contribution in [-0.2, 0) is 0 Å². The number of hydrogen-bond donors (Lipinski definition) is 2. The monoisotopic (exact) mass is 425 g/mol. The van der Waals surface area contributed by atoms with Gasteiger partial charge in [-0.2, -0.15) is 0 Å². The Bertz CT molecular complexity index is 1030. The van der Waals surface area contributed by atoms with Crippen LogP contribution in [0, 0.1) is 6.92 Å². The van der Waals surface area contributed by atoms with E-state index in [1.807, 2.05) is 37.4 Å². The number of halogens is 1. The number of anilines is 1. The Morgan fingerprint density at radius 3 is 2.70 bits per heavy atom. The van der Waals surface area contributed by atoms with Crippen molar-refractivity contribution in [1.29, 1.82) is 0 Å². The van der Waals surface area contributed by atoms with E-state index in [1.165, 1.54) is 0 Å². The summed E-state index contributed by atoms with van der Waals surface area (Å²) >= 11 is 1.60. The van der Waals surface area contributed by atoms with Gasteiger partial charge in [-0.3, -0.25) is 0 Å². The van der Waals surface area contributed by atoms with Gasteiger partial charge in [0.15, 0.2) is 5.82 Å². The molecule has 2 N–H and O–H groups in total. The standard InChI is InChI=1S/C22H24FN5OS/c1-13-24-11-21(30-13)14-2-3-18(20(29)8-14)19-4-5-22(27-26-19)28-7-6-16(12-28)25-17-9-15(23)10-17/h2-5,8,11,15-17,25,29H,6-7,9-10,12H2,1H3/t15?,16-,17?/m0/s1. The van der Waals surface area contributed by atoms with Crippen LogP contribution in [0.4, 0.5) is 10.2 Å². The Hall–Kier alpha value is -2.58. The predicted octanol–water partition coefficient (Wildman–Crippen LogP) is 3.95. The van der Waals surface area contributed by atoms with Crippen LogP contribution >= 0.6 is 11.3 Å². The normalized spacial score (nSPS) is 23.5. The molecule has 6 nitrogen and oxygen atoms in total. The van der Waals surface area contributed by atoms with Gasteiger partial charge in [-0.15, -0.1) is 21.5 Å². The summed E-state index contributed by atoms with van der Waals surface area (Å²) < 4.78 is 13.0. The van der Waals surface area contributed by atoms with Crippen molar-refractivity contribution >= 4 is 17.2 Å². The zero-order valence-corrected chi connectivity index (χ0v) is 17.6. The summed E-state index contributed by atoms with van der Waals surface area (Å²) in [6.07, 6.45) is 3.49. The van der Waals surface area contributed by atoms with Crippen molar-refractivity contribution in [3.05, 3.63) is 41.5 Å². The minimum atomic E-state index is -0.630. The van der Waals surface area contributed by atoms with Crippen LogP contribution in [-0.4, -0.2) is 51.6 Å². The van der Waals surface area contributed by atoms with Gasteiger partial charge in [0.25, 0.3) is 0 Å².